The fraction of sp³-hybridized carbons (Fsp3) is 0.231. The van der Waals surface area contributed by atoms with Crippen LogP contribution in [-0.2, 0) is 6.54 Å². The zero-order valence-electron chi connectivity index (χ0n) is 9.97. The Morgan fingerprint density at radius 1 is 1.41 bits per heavy atom. The standard InChI is InChI=1S/C13H15N3O/c1-10-5-3-4-6-11(10)13(17)16(2)9-12-14-7-8-15-12/h3-8H,9H2,1-2H3,(H,14,15). The molecule has 4 heteroatoms. The Balaban J connectivity index is 2.13. The lowest BCUT2D eigenvalue weighted by atomic mass is 10.1. The molecule has 0 atom stereocenters. The van der Waals surface area contributed by atoms with Crippen molar-refractivity contribution in [2.45, 2.75) is 13.5 Å². The van der Waals surface area contributed by atoms with Crippen LogP contribution in [0, 0.1) is 6.92 Å². The number of hydrogen-bond donors (Lipinski definition) is 1. The highest BCUT2D eigenvalue weighted by atomic mass is 16.2. The molecule has 1 heterocycles. The lowest BCUT2D eigenvalue weighted by Gasteiger charge is -2.16. The Morgan fingerprint density at radius 3 is 2.82 bits per heavy atom. The molecule has 0 fully saturated rings. The largest absolute Gasteiger partial charge is 0.347 e. The van der Waals surface area contributed by atoms with Gasteiger partial charge < -0.3 is 9.88 Å². The van der Waals surface area contributed by atoms with Crippen molar-refractivity contribution in [3.63, 3.8) is 0 Å². The number of aromatic amines is 1. The van der Waals surface area contributed by atoms with Crippen molar-refractivity contribution in [3.8, 4) is 0 Å². The predicted octanol–water partition coefficient (Wildman–Crippen LogP) is 1.99. The molecule has 1 aromatic heterocycles. The van der Waals surface area contributed by atoms with E-state index in [4.69, 9.17) is 0 Å². The fourth-order valence-corrected chi connectivity index (χ4v) is 1.70. The van der Waals surface area contributed by atoms with Crippen molar-refractivity contribution < 1.29 is 4.79 Å². The highest BCUT2D eigenvalue weighted by molar-refractivity contribution is 5.95. The van der Waals surface area contributed by atoms with E-state index in [0.29, 0.717) is 6.54 Å². The smallest absolute Gasteiger partial charge is 0.254 e. The summed E-state index contributed by atoms with van der Waals surface area (Å²) in [5.74, 6) is 0.800. The van der Waals surface area contributed by atoms with E-state index >= 15 is 0 Å². The van der Waals surface area contributed by atoms with Crippen LogP contribution in [0.25, 0.3) is 0 Å². The van der Waals surface area contributed by atoms with Crippen molar-refractivity contribution in [1.29, 1.82) is 0 Å². The van der Waals surface area contributed by atoms with Gasteiger partial charge in [-0.1, -0.05) is 18.2 Å². The highest BCUT2D eigenvalue weighted by Crippen LogP contribution is 2.10. The van der Waals surface area contributed by atoms with Gasteiger partial charge in [-0.2, -0.15) is 0 Å². The van der Waals surface area contributed by atoms with Crippen LogP contribution in [0.1, 0.15) is 21.7 Å². The number of nitrogens with one attached hydrogen (secondary N) is 1. The topological polar surface area (TPSA) is 49.0 Å². The maximum Gasteiger partial charge on any atom is 0.254 e. The summed E-state index contributed by atoms with van der Waals surface area (Å²) in [5.41, 5.74) is 1.73. The quantitative estimate of drug-likeness (QED) is 0.875. The SMILES string of the molecule is Cc1ccccc1C(=O)N(C)Cc1ncc[nH]1. The number of aromatic nitrogens is 2. The number of carbonyl (C=O) groups is 1. The number of rotatable bonds is 3. The third-order valence-corrected chi connectivity index (χ3v) is 2.66. The van der Waals surface area contributed by atoms with Crippen molar-refractivity contribution in [1.82, 2.24) is 14.9 Å². The molecule has 0 spiro atoms. The first-order valence-corrected chi connectivity index (χ1v) is 5.48. The van der Waals surface area contributed by atoms with Gasteiger partial charge in [0.05, 0.1) is 6.54 Å². The molecule has 0 unspecified atom stereocenters. The third kappa shape index (κ3) is 2.53. The number of carbonyl (C=O) groups excluding carboxylic acids is 1. The second-order valence-corrected chi connectivity index (χ2v) is 4.01. The predicted molar refractivity (Wildman–Crippen MR) is 65.6 cm³/mol. The van der Waals surface area contributed by atoms with Gasteiger partial charge >= 0.3 is 0 Å². The molecule has 0 aliphatic carbocycles. The van der Waals surface area contributed by atoms with Gasteiger partial charge in [-0.05, 0) is 18.6 Å². The number of amides is 1. The van der Waals surface area contributed by atoms with Crippen LogP contribution in [0.3, 0.4) is 0 Å². The molecular weight excluding hydrogens is 214 g/mol. The van der Waals surface area contributed by atoms with E-state index in [1.54, 1.807) is 24.3 Å². The number of hydrogen-bond acceptors (Lipinski definition) is 2. The Morgan fingerprint density at radius 2 is 2.18 bits per heavy atom. The molecule has 0 aliphatic rings. The molecule has 0 bridgehead atoms. The maximum atomic E-state index is 12.2. The Labute approximate surface area is 100 Å². The molecular formula is C13H15N3O. The van der Waals surface area contributed by atoms with Gasteiger partial charge in [-0.25, -0.2) is 4.98 Å². The molecule has 2 rings (SSSR count). The summed E-state index contributed by atoms with van der Waals surface area (Å²) >= 11 is 0. The summed E-state index contributed by atoms with van der Waals surface area (Å²) in [6, 6.07) is 7.59. The average molecular weight is 229 g/mol. The summed E-state index contributed by atoms with van der Waals surface area (Å²) in [6.07, 6.45) is 3.43. The molecule has 0 saturated carbocycles. The van der Waals surface area contributed by atoms with Crippen LogP contribution in [0.15, 0.2) is 36.7 Å². The van der Waals surface area contributed by atoms with E-state index in [9.17, 15) is 4.79 Å². The van der Waals surface area contributed by atoms with Gasteiger partial charge in [0, 0.05) is 25.0 Å². The average Bonchev–Trinajstić information content (AvgIpc) is 2.81. The van der Waals surface area contributed by atoms with Gasteiger partial charge in [0.2, 0.25) is 0 Å². The number of nitrogens with zero attached hydrogens (tertiary/aromatic N) is 2. The first-order chi connectivity index (χ1) is 8.18. The number of benzene rings is 1. The van der Waals surface area contributed by atoms with Gasteiger partial charge in [-0.15, -0.1) is 0 Å². The van der Waals surface area contributed by atoms with E-state index < -0.39 is 0 Å². The lowest BCUT2D eigenvalue weighted by molar-refractivity contribution is 0.0781. The minimum Gasteiger partial charge on any atom is -0.347 e. The van der Waals surface area contributed by atoms with E-state index in [0.717, 1.165) is 17.0 Å². The number of imidazole rings is 1. The molecule has 1 aromatic carbocycles. The molecule has 2 aromatic rings. The number of aryl methyl sites for hydroxylation is 1. The third-order valence-electron chi connectivity index (χ3n) is 2.66. The summed E-state index contributed by atoms with van der Waals surface area (Å²) in [5, 5.41) is 0. The minimum absolute atomic E-state index is 0.0134. The van der Waals surface area contributed by atoms with Crippen LogP contribution in [0.2, 0.25) is 0 Å². The zero-order valence-corrected chi connectivity index (χ0v) is 9.97. The molecule has 17 heavy (non-hydrogen) atoms. The Kier molecular flexibility index (Phi) is 3.23. The summed E-state index contributed by atoms with van der Waals surface area (Å²) in [6.45, 7) is 2.42. The van der Waals surface area contributed by atoms with Crippen LogP contribution >= 0.6 is 0 Å². The van der Waals surface area contributed by atoms with Gasteiger partial charge in [0.1, 0.15) is 5.82 Å². The normalized spacial score (nSPS) is 10.2. The second-order valence-electron chi connectivity index (χ2n) is 4.01. The fourth-order valence-electron chi connectivity index (χ4n) is 1.70. The van der Waals surface area contributed by atoms with E-state index in [1.165, 1.54) is 0 Å². The molecule has 0 radical (unpaired) electrons. The zero-order chi connectivity index (χ0) is 12.3. The van der Waals surface area contributed by atoms with Gasteiger partial charge in [-0.3, -0.25) is 4.79 Å². The van der Waals surface area contributed by atoms with Crippen LogP contribution < -0.4 is 0 Å². The first kappa shape index (κ1) is 11.4. The van der Waals surface area contributed by atoms with Crippen molar-refractivity contribution in [2.75, 3.05) is 7.05 Å². The van der Waals surface area contributed by atoms with Crippen LogP contribution in [0.4, 0.5) is 0 Å². The van der Waals surface area contributed by atoms with Gasteiger partial charge in [0.25, 0.3) is 5.91 Å². The Bertz CT molecular complexity index is 505. The number of H-pyrrole nitrogens is 1. The molecule has 88 valence electrons. The minimum atomic E-state index is 0.0134. The molecule has 1 amide bonds. The molecule has 0 saturated heterocycles. The highest BCUT2D eigenvalue weighted by Gasteiger charge is 2.14. The van der Waals surface area contributed by atoms with Crippen LogP contribution in [-0.4, -0.2) is 27.8 Å². The van der Waals surface area contributed by atoms with Crippen molar-refractivity contribution >= 4 is 5.91 Å². The Hall–Kier alpha value is -2.10. The molecule has 0 aliphatic heterocycles. The monoisotopic (exact) mass is 229 g/mol. The first-order valence-electron chi connectivity index (χ1n) is 5.48. The lowest BCUT2D eigenvalue weighted by Crippen LogP contribution is -2.27. The second kappa shape index (κ2) is 4.82. The van der Waals surface area contributed by atoms with E-state index in [1.807, 2.05) is 31.2 Å². The summed E-state index contributed by atoms with van der Waals surface area (Å²) < 4.78 is 0. The summed E-state index contributed by atoms with van der Waals surface area (Å²) in [7, 11) is 1.78. The molecule has 1 N–H and O–H groups in total. The van der Waals surface area contributed by atoms with Crippen molar-refractivity contribution in [3.05, 3.63) is 53.6 Å². The molecule has 4 nitrogen and oxygen atoms in total. The van der Waals surface area contributed by atoms with E-state index in [-0.39, 0.29) is 5.91 Å². The van der Waals surface area contributed by atoms with Gasteiger partial charge in [0.15, 0.2) is 0 Å². The van der Waals surface area contributed by atoms with E-state index in [2.05, 4.69) is 9.97 Å². The van der Waals surface area contributed by atoms with Crippen LogP contribution in [0.5, 0.6) is 0 Å². The maximum absolute atomic E-state index is 12.2. The summed E-state index contributed by atoms with van der Waals surface area (Å²) in [4.78, 5) is 20.9. The van der Waals surface area contributed by atoms with Crippen molar-refractivity contribution in [2.24, 2.45) is 0 Å².